The second-order valence-corrected chi connectivity index (χ2v) is 11.2. The topological polar surface area (TPSA) is 105 Å². The van der Waals surface area contributed by atoms with Crippen molar-refractivity contribution in [3.05, 3.63) is 107 Å². The van der Waals surface area contributed by atoms with E-state index in [0.29, 0.717) is 23.8 Å². The molecule has 4 rings (SSSR count). The Labute approximate surface area is 221 Å². The van der Waals surface area contributed by atoms with Gasteiger partial charge in [0, 0.05) is 30.1 Å². The summed E-state index contributed by atoms with van der Waals surface area (Å²) in [7, 11) is -4.08. The summed E-state index contributed by atoms with van der Waals surface area (Å²) >= 11 is 0. The van der Waals surface area contributed by atoms with Gasteiger partial charge < -0.3 is 9.84 Å². The molecule has 0 radical (unpaired) electrons. The number of amides is 1. The summed E-state index contributed by atoms with van der Waals surface area (Å²) in [5.74, 6) is 0.181. The van der Waals surface area contributed by atoms with Crippen molar-refractivity contribution in [1.82, 2.24) is 14.4 Å². The molecule has 4 aromatic rings. The van der Waals surface area contributed by atoms with Crippen LogP contribution < -0.4 is 5.32 Å². The number of hydrogen-bond donors (Lipinski definition) is 1. The van der Waals surface area contributed by atoms with Crippen LogP contribution in [-0.2, 0) is 27.8 Å². The fourth-order valence-electron chi connectivity index (χ4n) is 3.72. The molecule has 0 aliphatic rings. The third-order valence-corrected chi connectivity index (χ3v) is 7.67. The zero-order valence-electron chi connectivity index (χ0n) is 21.4. The van der Waals surface area contributed by atoms with Gasteiger partial charge in [0.1, 0.15) is 5.82 Å². The summed E-state index contributed by atoms with van der Waals surface area (Å²) in [6.07, 6.45) is 0.468. The maximum atomic E-state index is 14.4. The number of nitrogens with one attached hydrogen (secondary N) is 1. The summed E-state index contributed by atoms with van der Waals surface area (Å²) in [6.45, 7) is 5.00. The Morgan fingerprint density at radius 3 is 2.34 bits per heavy atom. The minimum absolute atomic E-state index is 0.0266. The minimum Gasteiger partial charge on any atom is -0.339 e. The van der Waals surface area contributed by atoms with E-state index >= 15 is 0 Å². The summed E-state index contributed by atoms with van der Waals surface area (Å²) in [5, 5.41) is 6.71. The number of carbonyl (C=O) groups excluding carboxylic acids is 1. The van der Waals surface area contributed by atoms with Gasteiger partial charge in [0.15, 0.2) is 5.82 Å². The zero-order valence-corrected chi connectivity index (χ0v) is 22.2. The van der Waals surface area contributed by atoms with E-state index in [2.05, 4.69) is 15.5 Å². The van der Waals surface area contributed by atoms with E-state index < -0.39 is 28.3 Å². The first-order valence-electron chi connectivity index (χ1n) is 12.1. The molecule has 1 amide bonds. The van der Waals surface area contributed by atoms with Crippen LogP contribution in [0.25, 0.3) is 0 Å². The maximum Gasteiger partial charge on any atom is 0.243 e. The summed E-state index contributed by atoms with van der Waals surface area (Å²) in [6, 6.07) is 19.3. The van der Waals surface area contributed by atoms with Crippen molar-refractivity contribution < 1.29 is 22.1 Å². The zero-order chi connectivity index (χ0) is 27.3. The quantitative estimate of drug-likeness (QED) is 0.304. The average Bonchev–Trinajstić information content (AvgIpc) is 3.35. The van der Waals surface area contributed by atoms with E-state index in [1.165, 1.54) is 30.3 Å². The number of nitrogens with zero attached hydrogens (tertiary/aromatic N) is 3. The number of sulfonamides is 1. The molecule has 0 bridgehead atoms. The first kappa shape index (κ1) is 27.2. The fourth-order valence-corrected chi connectivity index (χ4v) is 5.10. The van der Waals surface area contributed by atoms with Gasteiger partial charge in [0.05, 0.1) is 11.4 Å². The van der Waals surface area contributed by atoms with E-state index in [1.807, 2.05) is 32.9 Å². The highest BCUT2D eigenvalue weighted by Crippen LogP contribution is 2.21. The lowest BCUT2D eigenvalue weighted by atomic mass is 10.1. The maximum absolute atomic E-state index is 14.4. The highest BCUT2D eigenvalue weighted by atomic mass is 32.2. The molecule has 0 fully saturated rings. The van der Waals surface area contributed by atoms with Crippen molar-refractivity contribution in [3.63, 3.8) is 0 Å². The van der Waals surface area contributed by atoms with Gasteiger partial charge in [-0.25, -0.2) is 12.8 Å². The Bertz CT molecular complexity index is 1500. The molecule has 0 saturated heterocycles. The number of aromatic nitrogens is 2. The largest absolute Gasteiger partial charge is 0.339 e. The van der Waals surface area contributed by atoms with Crippen LogP contribution in [0.15, 0.2) is 82.2 Å². The third kappa shape index (κ3) is 6.70. The predicted molar refractivity (Wildman–Crippen MR) is 141 cm³/mol. The van der Waals surface area contributed by atoms with E-state index in [1.54, 1.807) is 30.3 Å². The van der Waals surface area contributed by atoms with Gasteiger partial charge in [0.25, 0.3) is 0 Å². The fraction of sp³-hybridized carbons (Fsp3) is 0.250. The van der Waals surface area contributed by atoms with Crippen LogP contribution in [0.4, 0.5) is 10.1 Å². The molecule has 1 heterocycles. The Balaban J connectivity index is 1.48. The smallest absolute Gasteiger partial charge is 0.243 e. The molecule has 0 aliphatic carbocycles. The average molecular weight is 537 g/mol. The molecule has 0 saturated carbocycles. The van der Waals surface area contributed by atoms with Crippen LogP contribution in [0.5, 0.6) is 0 Å². The number of anilines is 1. The molecule has 1 N–H and O–H groups in total. The normalized spacial score (nSPS) is 11.7. The molecule has 1 aromatic heterocycles. The number of aryl methyl sites for hydroxylation is 1. The van der Waals surface area contributed by atoms with Crippen molar-refractivity contribution >= 4 is 21.6 Å². The standard InChI is InChI=1S/C28H29FN4O4S/c1-19(2)28-31-26(32-37-28)16-21-10-12-23(13-11-21)30-27(34)18-33(17-22-6-4-5-7-25(22)29)38(35,36)24-14-8-20(3)9-15-24/h4-15,19H,16-18H2,1-3H3,(H,30,34). The number of carbonyl (C=O) groups is 1. The molecular weight excluding hydrogens is 507 g/mol. The lowest BCUT2D eigenvalue weighted by Gasteiger charge is -2.22. The Morgan fingerprint density at radius 1 is 1.03 bits per heavy atom. The van der Waals surface area contributed by atoms with Crippen LogP contribution in [0.1, 0.15) is 48.2 Å². The van der Waals surface area contributed by atoms with E-state index in [4.69, 9.17) is 4.52 Å². The Kier molecular flexibility index (Phi) is 8.33. The molecule has 3 aromatic carbocycles. The first-order chi connectivity index (χ1) is 18.1. The van der Waals surface area contributed by atoms with Crippen molar-refractivity contribution in [3.8, 4) is 0 Å². The van der Waals surface area contributed by atoms with Crippen LogP contribution in [0.2, 0.25) is 0 Å². The lowest BCUT2D eigenvalue weighted by molar-refractivity contribution is -0.116. The van der Waals surface area contributed by atoms with Crippen LogP contribution >= 0.6 is 0 Å². The van der Waals surface area contributed by atoms with Gasteiger partial charge in [-0.05, 0) is 42.8 Å². The molecule has 198 valence electrons. The number of rotatable bonds is 10. The molecule has 0 aliphatic heterocycles. The Morgan fingerprint density at radius 2 is 1.71 bits per heavy atom. The molecule has 0 atom stereocenters. The van der Waals surface area contributed by atoms with E-state index in [0.717, 1.165) is 15.4 Å². The molecule has 0 unspecified atom stereocenters. The van der Waals surface area contributed by atoms with Crippen molar-refractivity contribution in [2.75, 3.05) is 11.9 Å². The lowest BCUT2D eigenvalue weighted by Crippen LogP contribution is -2.37. The van der Waals surface area contributed by atoms with Gasteiger partial charge in [-0.3, -0.25) is 4.79 Å². The molecule has 38 heavy (non-hydrogen) atoms. The van der Waals surface area contributed by atoms with Crippen molar-refractivity contribution in [1.29, 1.82) is 0 Å². The highest BCUT2D eigenvalue weighted by molar-refractivity contribution is 7.89. The van der Waals surface area contributed by atoms with Crippen molar-refractivity contribution in [2.24, 2.45) is 0 Å². The van der Waals surface area contributed by atoms with Gasteiger partial charge >= 0.3 is 0 Å². The third-order valence-electron chi connectivity index (χ3n) is 5.86. The molecular formula is C28H29FN4O4S. The van der Waals surface area contributed by atoms with Gasteiger partial charge in [-0.1, -0.05) is 67.0 Å². The number of benzene rings is 3. The van der Waals surface area contributed by atoms with Crippen LogP contribution in [0, 0.1) is 12.7 Å². The Hall–Kier alpha value is -3.89. The minimum atomic E-state index is -4.08. The van der Waals surface area contributed by atoms with Gasteiger partial charge in [-0.2, -0.15) is 9.29 Å². The van der Waals surface area contributed by atoms with E-state index in [-0.39, 0.29) is 22.9 Å². The highest BCUT2D eigenvalue weighted by Gasteiger charge is 2.28. The molecule has 10 heteroatoms. The summed E-state index contributed by atoms with van der Waals surface area (Å²) in [5.41, 5.74) is 2.48. The van der Waals surface area contributed by atoms with Crippen LogP contribution in [-0.4, -0.2) is 35.3 Å². The second kappa shape index (κ2) is 11.7. The summed E-state index contributed by atoms with van der Waals surface area (Å²) in [4.78, 5) is 17.3. The number of hydrogen-bond acceptors (Lipinski definition) is 6. The molecule has 8 nitrogen and oxygen atoms in total. The van der Waals surface area contributed by atoms with Crippen LogP contribution in [0.3, 0.4) is 0 Å². The van der Waals surface area contributed by atoms with Gasteiger partial charge in [-0.15, -0.1) is 0 Å². The predicted octanol–water partition coefficient (Wildman–Crippen LogP) is 5.06. The molecule has 0 spiro atoms. The SMILES string of the molecule is Cc1ccc(S(=O)(=O)N(CC(=O)Nc2ccc(Cc3noc(C(C)C)n3)cc2)Cc2ccccc2F)cc1. The van der Waals surface area contributed by atoms with Gasteiger partial charge in [0.2, 0.25) is 21.8 Å². The summed E-state index contributed by atoms with van der Waals surface area (Å²) < 4.78 is 47.4. The van der Waals surface area contributed by atoms with E-state index in [9.17, 15) is 17.6 Å². The second-order valence-electron chi connectivity index (χ2n) is 9.30. The monoisotopic (exact) mass is 536 g/mol. The van der Waals surface area contributed by atoms with Crippen molar-refractivity contribution in [2.45, 2.75) is 44.6 Å². The first-order valence-corrected chi connectivity index (χ1v) is 13.6. The number of halogens is 1.